The summed E-state index contributed by atoms with van der Waals surface area (Å²) < 4.78 is 0. The summed E-state index contributed by atoms with van der Waals surface area (Å²) in [6.07, 6.45) is 6.65. The second-order valence-corrected chi connectivity index (χ2v) is 7.54. The fourth-order valence-corrected chi connectivity index (χ4v) is 4.73. The van der Waals surface area contributed by atoms with Gasteiger partial charge in [-0.3, -0.25) is 4.90 Å². The van der Waals surface area contributed by atoms with Crippen LogP contribution in [-0.2, 0) is 0 Å². The Balaban J connectivity index is 1.89. The highest BCUT2D eigenvalue weighted by molar-refractivity contribution is 5.54. The van der Waals surface area contributed by atoms with Crippen LogP contribution in [0.2, 0.25) is 0 Å². The minimum absolute atomic E-state index is 0.369. The summed E-state index contributed by atoms with van der Waals surface area (Å²) in [5.74, 6) is 1.16. The molecule has 3 rings (SSSR count). The van der Waals surface area contributed by atoms with Crippen LogP contribution in [-0.4, -0.2) is 49.3 Å². The lowest BCUT2D eigenvalue weighted by molar-refractivity contribution is 0.101. The molecule has 140 valence electrons. The van der Waals surface area contributed by atoms with E-state index in [0.29, 0.717) is 17.7 Å². The number of hydrogen-bond acceptors (Lipinski definition) is 4. The van der Waals surface area contributed by atoms with Crippen molar-refractivity contribution in [1.29, 1.82) is 0 Å². The number of benzene rings is 1. The Morgan fingerprint density at radius 1 is 1.12 bits per heavy atom. The second-order valence-electron chi connectivity index (χ2n) is 7.54. The van der Waals surface area contributed by atoms with Crippen molar-refractivity contribution in [1.82, 2.24) is 10.2 Å². The highest BCUT2D eigenvalue weighted by atomic mass is 16.3. The van der Waals surface area contributed by atoms with Gasteiger partial charge >= 0.3 is 0 Å². The summed E-state index contributed by atoms with van der Waals surface area (Å²) in [5, 5.41) is 14.4. The maximum atomic E-state index is 10.9. The second kappa shape index (κ2) is 8.91. The van der Waals surface area contributed by atoms with Crippen LogP contribution >= 0.6 is 0 Å². The van der Waals surface area contributed by atoms with Crippen LogP contribution in [0.5, 0.6) is 5.75 Å². The van der Waals surface area contributed by atoms with E-state index in [4.69, 9.17) is 0 Å². The summed E-state index contributed by atoms with van der Waals surface area (Å²) in [5.41, 5.74) is 2.28. The zero-order valence-corrected chi connectivity index (χ0v) is 16.0. The molecule has 2 N–H and O–H groups in total. The van der Waals surface area contributed by atoms with Crippen molar-refractivity contribution in [2.24, 2.45) is 5.92 Å². The van der Waals surface area contributed by atoms with E-state index >= 15 is 0 Å². The Labute approximate surface area is 153 Å². The number of rotatable bonds is 6. The number of nitrogens with zero attached hydrogens (tertiary/aromatic N) is 2. The third-order valence-corrected chi connectivity index (χ3v) is 6.10. The summed E-state index contributed by atoms with van der Waals surface area (Å²) in [6.45, 7) is 10.6. The number of phenols is 1. The van der Waals surface area contributed by atoms with Gasteiger partial charge in [0.25, 0.3) is 0 Å². The molecule has 0 unspecified atom stereocenters. The van der Waals surface area contributed by atoms with Crippen molar-refractivity contribution in [2.75, 3.05) is 44.2 Å². The largest absolute Gasteiger partial charge is 0.508 e. The van der Waals surface area contributed by atoms with Crippen LogP contribution in [0, 0.1) is 5.92 Å². The normalized spacial score (nSPS) is 21.2. The molecule has 0 radical (unpaired) electrons. The van der Waals surface area contributed by atoms with E-state index in [1.165, 1.54) is 32.1 Å². The predicted octanol–water partition coefficient (Wildman–Crippen LogP) is 3.77. The standard InChI is InChI=1S/C21H35N3O/c1-3-23(4-2)18-10-11-19(20(25)16-18)21(17-8-6-5-7-9-17)24-14-12-22-13-15-24/h10-11,16-17,21-22,25H,3-9,12-15H2,1-2H3/t21-/m1/s1. The average molecular weight is 346 g/mol. The van der Waals surface area contributed by atoms with Crippen molar-refractivity contribution < 1.29 is 5.11 Å². The van der Waals surface area contributed by atoms with E-state index in [-0.39, 0.29) is 0 Å². The third kappa shape index (κ3) is 4.29. The number of phenolic OH excluding ortho intramolecular Hbond substituents is 1. The monoisotopic (exact) mass is 345 g/mol. The van der Waals surface area contributed by atoms with Gasteiger partial charge in [-0.1, -0.05) is 25.3 Å². The van der Waals surface area contributed by atoms with Gasteiger partial charge in [-0.05, 0) is 38.7 Å². The molecule has 1 atom stereocenters. The quantitative estimate of drug-likeness (QED) is 0.823. The Hall–Kier alpha value is -1.26. The topological polar surface area (TPSA) is 38.7 Å². The van der Waals surface area contributed by atoms with E-state index in [2.05, 4.69) is 41.1 Å². The van der Waals surface area contributed by atoms with Crippen LogP contribution in [0.4, 0.5) is 5.69 Å². The molecule has 25 heavy (non-hydrogen) atoms. The predicted molar refractivity (Wildman–Crippen MR) is 105 cm³/mol. The molecule has 1 aliphatic heterocycles. The number of aromatic hydroxyl groups is 1. The summed E-state index contributed by atoms with van der Waals surface area (Å²) in [4.78, 5) is 4.91. The lowest BCUT2D eigenvalue weighted by Gasteiger charge is -2.41. The molecule has 0 amide bonds. The van der Waals surface area contributed by atoms with E-state index in [1.807, 2.05) is 6.07 Å². The first-order valence-corrected chi connectivity index (χ1v) is 10.3. The highest BCUT2D eigenvalue weighted by Gasteiger charge is 2.32. The third-order valence-electron chi connectivity index (χ3n) is 6.10. The molecule has 4 heteroatoms. The molecule has 1 aromatic carbocycles. The van der Waals surface area contributed by atoms with E-state index < -0.39 is 0 Å². The van der Waals surface area contributed by atoms with Gasteiger partial charge in [-0.15, -0.1) is 0 Å². The molecule has 2 aliphatic rings. The van der Waals surface area contributed by atoms with Gasteiger partial charge in [0.05, 0.1) is 0 Å². The smallest absolute Gasteiger partial charge is 0.122 e. The van der Waals surface area contributed by atoms with Gasteiger partial charge < -0.3 is 15.3 Å². The Morgan fingerprint density at radius 2 is 1.80 bits per heavy atom. The molecule has 0 spiro atoms. The first-order chi connectivity index (χ1) is 12.2. The van der Waals surface area contributed by atoms with Crippen molar-refractivity contribution >= 4 is 5.69 Å². The Morgan fingerprint density at radius 3 is 2.40 bits per heavy atom. The van der Waals surface area contributed by atoms with Gasteiger partial charge in [0.15, 0.2) is 0 Å². The fourth-order valence-electron chi connectivity index (χ4n) is 4.73. The molecule has 1 saturated heterocycles. The zero-order valence-electron chi connectivity index (χ0n) is 16.0. The van der Waals surface area contributed by atoms with E-state index in [1.54, 1.807) is 0 Å². The minimum Gasteiger partial charge on any atom is -0.508 e. The van der Waals surface area contributed by atoms with Crippen molar-refractivity contribution in [3.63, 3.8) is 0 Å². The first kappa shape index (κ1) is 18.5. The Bertz CT molecular complexity index is 514. The van der Waals surface area contributed by atoms with Crippen LogP contribution in [0.25, 0.3) is 0 Å². The molecule has 1 aliphatic carbocycles. The minimum atomic E-state index is 0.369. The number of piperazine rings is 1. The lowest BCUT2D eigenvalue weighted by Crippen LogP contribution is -2.47. The van der Waals surface area contributed by atoms with Gasteiger partial charge in [0, 0.05) is 62.6 Å². The zero-order chi connectivity index (χ0) is 17.6. The molecule has 4 nitrogen and oxygen atoms in total. The number of hydrogen-bond donors (Lipinski definition) is 2. The molecule has 0 aromatic heterocycles. The summed E-state index contributed by atoms with van der Waals surface area (Å²) >= 11 is 0. The SMILES string of the molecule is CCN(CC)c1ccc([C@@H](C2CCCCC2)N2CCNCC2)c(O)c1. The number of nitrogens with one attached hydrogen (secondary N) is 1. The van der Waals surface area contributed by atoms with Gasteiger partial charge in [0.1, 0.15) is 5.75 Å². The molecule has 1 saturated carbocycles. The van der Waals surface area contributed by atoms with E-state index in [0.717, 1.165) is 50.5 Å². The molecular weight excluding hydrogens is 310 g/mol. The summed E-state index contributed by atoms with van der Waals surface area (Å²) in [6, 6.07) is 6.76. The maximum absolute atomic E-state index is 10.9. The van der Waals surface area contributed by atoms with Crippen LogP contribution < -0.4 is 10.2 Å². The van der Waals surface area contributed by atoms with Crippen LogP contribution in [0.1, 0.15) is 57.6 Å². The van der Waals surface area contributed by atoms with Crippen molar-refractivity contribution in [3.05, 3.63) is 23.8 Å². The Kier molecular flexibility index (Phi) is 6.60. The molecule has 0 bridgehead atoms. The first-order valence-electron chi connectivity index (χ1n) is 10.3. The fraction of sp³-hybridized carbons (Fsp3) is 0.714. The lowest BCUT2D eigenvalue weighted by atomic mass is 9.80. The average Bonchev–Trinajstić information content (AvgIpc) is 2.66. The van der Waals surface area contributed by atoms with Crippen molar-refractivity contribution in [2.45, 2.75) is 52.0 Å². The summed E-state index contributed by atoms with van der Waals surface area (Å²) in [7, 11) is 0. The van der Waals surface area contributed by atoms with Gasteiger partial charge in [-0.25, -0.2) is 0 Å². The van der Waals surface area contributed by atoms with Gasteiger partial charge in [-0.2, -0.15) is 0 Å². The molecular formula is C21H35N3O. The molecule has 1 heterocycles. The highest BCUT2D eigenvalue weighted by Crippen LogP contribution is 2.42. The van der Waals surface area contributed by atoms with Crippen molar-refractivity contribution in [3.8, 4) is 5.75 Å². The molecule has 1 aromatic rings. The van der Waals surface area contributed by atoms with Crippen LogP contribution in [0.3, 0.4) is 0 Å². The van der Waals surface area contributed by atoms with E-state index in [9.17, 15) is 5.11 Å². The molecule has 2 fully saturated rings. The van der Waals surface area contributed by atoms with Crippen LogP contribution in [0.15, 0.2) is 18.2 Å². The van der Waals surface area contributed by atoms with Gasteiger partial charge in [0.2, 0.25) is 0 Å². The number of anilines is 1. The maximum Gasteiger partial charge on any atom is 0.122 e.